The van der Waals surface area contributed by atoms with E-state index in [4.69, 9.17) is 5.73 Å². The molecule has 3 aromatic carbocycles. The molecule has 3 rings (SSSR count). The molecule has 9 heteroatoms. The lowest BCUT2D eigenvalue weighted by atomic mass is 10.0. The molecule has 0 aliphatic heterocycles. The van der Waals surface area contributed by atoms with Crippen LogP contribution >= 0.6 is 0 Å². The number of carbonyl (C=O) groups is 3. The number of nitrogens with two attached hydrogens (primary N) is 1. The minimum Gasteiger partial charge on any atom is -0.346 e. The summed E-state index contributed by atoms with van der Waals surface area (Å²) in [7, 11) is 0. The van der Waals surface area contributed by atoms with Crippen molar-refractivity contribution in [2.45, 2.75) is 12.5 Å². The van der Waals surface area contributed by atoms with Gasteiger partial charge in [-0.1, -0.05) is 60.7 Å². The molecule has 0 saturated heterocycles. The third-order valence-electron chi connectivity index (χ3n) is 4.83. The van der Waals surface area contributed by atoms with Gasteiger partial charge in [-0.15, -0.1) is 0 Å². The third kappa shape index (κ3) is 6.31. The minimum absolute atomic E-state index is 0.0316. The molecule has 0 aliphatic carbocycles. The number of carbonyl (C=O) groups excluding carboxylic acids is 3. The zero-order chi connectivity index (χ0) is 23.8. The molecule has 0 heterocycles. The van der Waals surface area contributed by atoms with Crippen LogP contribution in [0.15, 0.2) is 78.9 Å². The number of hydrogen-bond donors (Lipinski definition) is 3. The van der Waals surface area contributed by atoms with Gasteiger partial charge in [0, 0.05) is 17.7 Å². The van der Waals surface area contributed by atoms with Crippen molar-refractivity contribution in [2.24, 2.45) is 5.73 Å². The highest BCUT2D eigenvalue weighted by molar-refractivity contribution is 6.14. The molecule has 9 nitrogen and oxygen atoms in total. The van der Waals surface area contributed by atoms with Crippen LogP contribution in [0, 0.1) is 10.1 Å². The predicted octanol–water partition coefficient (Wildman–Crippen LogP) is 2.45. The summed E-state index contributed by atoms with van der Waals surface area (Å²) in [5, 5.41) is 16.2. The van der Waals surface area contributed by atoms with Crippen molar-refractivity contribution in [3.8, 4) is 0 Å². The van der Waals surface area contributed by atoms with Crippen molar-refractivity contribution in [3.63, 3.8) is 0 Å². The van der Waals surface area contributed by atoms with Gasteiger partial charge >= 0.3 is 0 Å². The number of ketones is 1. The molecule has 0 radical (unpaired) electrons. The van der Waals surface area contributed by atoms with Crippen molar-refractivity contribution >= 4 is 29.0 Å². The van der Waals surface area contributed by atoms with Gasteiger partial charge in [0.2, 0.25) is 11.8 Å². The summed E-state index contributed by atoms with van der Waals surface area (Å²) in [4.78, 5) is 48.1. The van der Waals surface area contributed by atoms with Gasteiger partial charge in [-0.3, -0.25) is 24.5 Å². The molecule has 1 atom stereocenters. The first kappa shape index (κ1) is 23.3. The van der Waals surface area contributed by atoms with Gasteiger partial charge in [0.15, 0.2) is 5.78 Å². The van der Waals surface area contributed by atoms with Crippen LogP contribution in [0.1, 0.15) is 21.5 Å². The lowest BCUT2D eigenvalue weighted by Crippen LogP contribution is -2.44. The summed E-state index contributed by atoms with van der Waals surface area (Å²) in [6, 6.07) is 20.2. The summed E-state index contributed by atoms with van der Waals surface area (Å²) in [6.07, 6.45) is 0.312. The van der Waals surface area contributed by atoms with Gasteiger partial charge in [-0.05, 0) is 18.1 Å². The number of nitro benzene ring substituents is 1. The van der Waals surface area contributed by atoms with E-state index in [0.29, 0.717) is 12.0 Å². The van der Waals surface area contributed by atoms with Crippen molar-refractivity contribution in [1.29, 1.82) is 0 Å². The first-order valence-electron chi connectivity index (χ1n) is 10.1. The Hall–Kier alpha value is -4.37. The Balaban J connectivity index is 1.68. The van der Waals surface area contributed by atoms with E-state index in [1.807, 2.05) is 30.3 Å². The van der Waals surface area contributed by atoms with Gasteiger partial charge in [-0.2, -0.15) is 0 Å². The zero-order valence-electron chi connectivity index (χ0n) is 17.6. The maximum Gasteiger partial charge on any atom is 0.270 e. The molecule has 2 amide bonds. The lowest BCUT2D eigenvalue weighted by molar-refractivity contribution is -0.384. The van der Waals surface area contributed by atoms with Gasteiger partial charge < -0.3 is 16.4 Å². The average Bonchev–Trinajstić information content (AvgIpc) is 2.83. The zero-order valence-corrected chi connectivity index (χ0v) is 17.6. The van der Waals surface area contributed by atoms with Gasteiger partial charge in [0.05, 0.1) is 28.8 Å². The number of nitrogens with one attached hydrogen (secondary N) is 2. The Kier molecular flexibility index (Phi) is 7.61. The predicted molar refractivity (Wildman–Crippen MR) is 123 cm³/mol. The smallest absolute Gasteiger partial charge is 0.270 e. The third-order valence-corrected chi connectivity index (χ3v) is 4.83. The Morgan fingerprint density at radius 1 is 0.939 bits per heavy atom. The topological polar surface area (TPSA) is 144 Å². The van der Waals surface area contributed by atoms with Crippen LogP contribution in [-0.4, -0.2) is 35.1 Å². The van der Waals surface area contributed by atoms with E-state index in [1.165, 1.54) is 12.1 Å². The van der Waals surface area contributed by atoms with E-state index in [2.05, 4.69) is 10.6 Å². The Labute approximate surface area is 189 Å². The molecule has 0 saturated carbocycles. The van der Waals surface area contributed by atoms with Gasteiger partial charge in [0.1, 0.15) is 0 Å². The molecular formula is C24H22N4O5. The monoisotopic (exact) mass is 446 g/mol. The van der Waals surface area contributed by atoms with E-state index >= 15 is 0 Å². The maximum atomic E-state index is 12.9. The van der Waals surface area contributed by atoms with Crippen LogP contribution in [0.25, 0.3) is 0 Å². The van der Waals surface area contributed by atoms with Gasteiger partial charge in [0.25, 0.3) is 5.69 Å². The van der Waals surface area contributed by atoms with Crippen LogP contribution < -0.4 is 16.4 Å². The fourth-order valence-electron chi connectivity index (χ4n) is 3.14. The molecule has 33 heavy (non-hydrogen) atoms. The van der Waals surface area contributed by atoms with Crippen LogP contribution in [-0.2, 0) is 16.0 Å². The Morgan fingerprint density at radius 2 is 1.58 bits per heavy atom. The number of hydrogen-bond acceptors (Lipinski definition) is 6. The highest BCUT2D eigenvalue weighted by Crippen LogP contribution is 2.25. The molecule has 0 bridgehead atoms. The number of anilines is 1. The molecule has 0 aliphatic rings. The Morgan fingerprint density at radius 3 is 2.21 bits per heavy atom. The van der Waals surface area contributed by atoms with Gasteiger partial charge in [-0.25, -0.2) is 0 Å². The van der Waals surface area contributed by atoms with E-state index in [1.54, 1.807) is 30.3 Å². The van der Waals surface area contributed by atoms with E-state index in [9.17, 15) is 24.5 Å². The van der Waals surface area contributed by atoms with Crippen LogP contribution in [0.5, 0.6) is 0 Å². The molecular weight excluding hydrogens is 424 g/mol. The average molecular weight is 446 g/mol. The molecule has 3 aromatic rings. The molecule has 0 aromatic heterocycles. The largest absolute Gasteiger partial charge is 0.346 e. The molecule has 4 N–H and O–H groups in total. The lowest BCUT2D eigenvalue weighted by Gasteiger charge is -2.14. The van der Waals surface area contributed by atoms with Crippen molar-refractivity contribution in [3.05, 3.63) is 106 Å². The summed E-state index contributed by atoms with van der Waals surface area (Å²) < 4.78 is 0. The first-order valence-corrected chi connectivity index (χ1v) is 10.1. The standard InChI is InChI=1S/C24H22N4O5/c25-20(13-16-7-3-1-4-8-16)24(31)26-15-22(29)27-21-12-11-18(28(32)33)14-19(21)23(30)17-9-5-2-6-10-17/h1-12,14,20H,13,15,25H2,(H,26,31)(H,27,29)/t20-/m0/s1. The highest BCUT2D eigenvalue weighted by atomic mass is 16.6. The van der Waals surface area contributed by atoms with Crippen LogP contribution in [0.4, 0.5) is 11.4 Å². The number of nitro groups is 1. The maximum absolute atomic E-state index is 12.9. The second kappa shape index (κ2) is 10.8. The van der Waals surface area contributed by atoms with Crippen LogP contribution in [0.2, 0.25) is 0 Å². The summed E-state index contributed by atoms with van der Waals surface area (Å²) in [5.74, 6) is -1.59. The quantitative estimate of drug-likeness (QED) is 0.262. The van der Waals surface area contributed by atoms with Crippen molar-refractivity contribution in [1.82, 2.24) is 5.32 Å². The molecule has 0 unspecified atom stereocenters. The highest BCUT2D eigenvalue weighted by Gasteiger charge is 2.20. The molecule has 168 valence electrons. The second-order valence-corrected chi connectivity index (χ2v) is 7.24. The van der Waals surface area contributed by atoms with E-state index in [0.717, 1.165) is 11.6 Å². The van der Waals surface area contributed by atoms with Crippen molar-refractivity contribution in [2.75, 3.05) is 11.9 Å². The molecule has 0 spiro atoms. The second-order valence-electron chi connectivity index (χ2n) is 7.24. The fourth-order valence-corrected chi connectivity index (χ4v) is 3.14. The van der Waals surface area contributed by atoms with E-state index < -0.39 is 28.6 Å². The Bertz CT molecular complexity index is 1170. The minimum atomic E-state index is -0.838. The normalized spacial score (nSPS) is 11.3. The number of non-ortho nitro benzene ring substituents is 1. The number of rotatable bonds is 9. The summed E-state index contributed by atoms with van der Waals surface area (Å²) in [5.41, 5.74) is 6.89. The first-order chi connectivity index (χ1) is 15.8. The molecule has 0 fully saturated rings. The number of amides is 2. The van der Waals surface area contributed by atoms with Crippen LogP contribution in [0.3, 0.4) is 0 Å². The number of benzene rings is 3. The SMILES string of the molecule is N[C@@H](Cc1ccccc1)C(=O)NCC(=O)Nc1ccc([N+](=O)[O-])cc1C(=O)c1ccccc1. The van der Waals surface area contributed by atoms with Crippen molar-refractivity contribution < 1.29 is 19.3 Å². The van der Waals surface area contributed by atoms with E-state index in [-0.39, 0.29) is 23.5 Å². The fraction of sp³-hybridized carbons (Fsp3) is 0.125. The summed E-state index contributed by atoms with van der Waals surface area (Å²) in [6.45, 7) is -0.378. The number of nitrogens with zero attached hydrogens (tertiary/aromatic N) is 1. The summed E-state index contributed by atoms with van der Waals surface area (Å²) >= 11 is 0.